The van der Waals surface area contributed by atoms with Crippen molar-refractivity contribution in [2.24, 2.45) is 0 Å². The lowest BCUT2D eigenvalue weighted by molar-refractivity contribution is 0.976. The first kappa shape index (κ1) is 14.6. The van der Waals surface area contributed by atoms with Crippen LogP contribution in [-0.2, 0) is 0 Å². The fraction of sp³-hybridized carbons (Fsp3) is 0.0417. The van der Waals surface area contributed by atoms with Gasteiger partial charge in [0.05, 0.1) is 5.52 Å². The van der Waals surface area contributed by atoms with Gasteiger partial charge in [-0.25, -0.2) is 4.98 Å². The zero-order valence-corrected chi connectivity index (χ0v) is 14.9. The summed E-state index contributed by atoms with van der Waals surface area (Å²) in [6.07, 6.45) is 2.26. The third-order valence-electron chi connectivity index (χ3n) is 5.43. The number of aromatic nitrogens is 3. The molecule has 0 atom stereocenters. The molecule has 0 aliphatic carbocycles. The zero-order chi connectivity index (χ0) is 18.0. The lowest BCUT2D eigenvalue weighted by Crippen LogP contribution is -1.98. The number of hydrogen-bond acceptors (Lipinski definition) is 1. The van der Waals surface area contributed by atoms with Gasteiger partial charge in [0.25, 0.3) is 0 Å². The van der Waals surface area contributed by atoms with Gasteiger partial charge < -0.3 is 0 Å². The Labute approximate surface area is 156 Å². The van der Waals surface area contributed by atoms with E-state index in [4.69, 9.17) is 4.98 Å². The molecule has 0 amide bonds. The average molecular weight is 347 g/mol. The van der Waals surface area contributed by atoms with Crippen molar-refractivity contribution in [3.63, 3.8) is 0 Å². The fourth-order valence-electron chi connectivity index (χ4n) is 4.30. The molecule has 0 spiro atoms. The number of fused-ring (bicyclic) bond motifs is 3. The maximum atomic E-state index is 4.92. The molecule has 3 aromatic carbocycles. The van der Waals surface area contributed by atoms with Crippen LogP contribution in [0.15, 0.2) is 85.1 Å². The molecule has 0 N–H and O–H groups in total. The maximum Gasteiger partial charge on any atom is 0.150 e. The largest absolute Gasteiger partial charge is 0.299 e. The SMILES string of the molecule is Cc1nc2c3cccc4c(-c5ccccc5)cn(c43)c2n1-c1ccccc1. The van der Waals surface area contributed by atoms with Gasteiger partial charge in [-0.15, -0.1) is 0 Å². The van der Waals surface area contributed by atoms with E-state index in [0.717, 1.165) is 22.7 Å². The Morgan fingerprint density at radius 3 is 2.22 bits per heavy atom. The van der Waals surface area contributed by atoms with Gasteiger partial charge in [0.1, 0.15) is 11.3 Å². The molecule has 3 heterocycles. The van der Waals surface area contributed by atoms with Crippen molar-refractivity contribution in [1.82, 2.24) is 14.0 Å². The van der Waals surface area contributed by atoms with Crippen LogP contribution in [0.5, 0.6) is 0 Å². The molecule has 3 heteroatoms. The number of aryl methyl sites for hydroxylation is 1. The van der Waals surface area contributed by atoms with E-state index in [0.29, 0.717) is 0 Å². The Kier molecular flexibility index (Phi) is 2.81. The smallest absolute Gasteiger partial charge is 0.150 e. The van der Waals surface area contributed by atoms with Gasteiger partial charge in [-0.05, 0) is 24.6 Å². The van der Waals surface area contributed by atoms with Gasteiger partial charge in [0, 0.05) is 28.2 Å². The quantitative estimate of drug-likeness (QED) is 0.385. The topological polar surface area (TPSA) is 22.2 Å². The second-order valence-electron chi connectivity index (χ2n) is 6.98. The molecule has 0 aliphatic heterocycles. The Balaban J connectivity index is 1.79. The monoisotopic (exact) mass is 347 g/mol. The Morgan fingerprint density at radius 1 is 0.741 bits per heavy atom. The fourth-order valence-corrected chi connectivity index (χ4v) is 4.30. The lowest BCUT2D eigenvalue weighted by atomic mass is 10.0. The average Bonchev–Trinajstić information content (AvgIpc) is 3.35. The van der Waals surface area contributed by atoms with Crippen LogP contribution < -0.4 is 0 Å². The summed E-state index contributed by atoms with van der Waals surface area (Å²) < 4.78 is 4.57. The van der Waals surface area contributed by atoms with Crippen LogP contribution in [0.1, 0.15) is 5.82 Å². The van der Waals surface area contributed by atoms with E-state index in [1.54, 1.807) is 0 Å². The van der Waals surface area contributed by atoms with Crippen LogP contribution >= 0.6 is 0 Å². The molecule has 0 saturated heterocycles. The molecule has 6 rings (SSSR count). The molecule has 0 aliphatic rings. The molecule has 0 bridgehead atoms. The molecular weight excluding hydrogens is 330 g/mol. The summed E-state index contributed by atoms with van der Waals surface area (Å²) in [7, 11) is 0. The van der Waals surface area contributed by atoms with Gasteiger partial charge >= 0.3 is 0 Å². The summed E-state index contributed by atoms with van der Waals surface area (Å²) in [4.78, 5) is 4.92. The summed E-state index contributed by atoms with van der Waals surface area (Å²) >= 11 is 0. The maximum absolute atomic E-state index is 4.92. The Bertz CT molecular complexity index is 1410. The van der Waals surface area contributed by atoms with Crippen LogP contribution in [0.2, 0.25) is 0 Å². The van der Waals surface area contributed by atoms with Crippen molar-refractivity contribution in [2.75, 3.05) is 0 Å². The van der Waals surface area contributed by atoms with E-state index in [-0.39, 0.29) is 0 Å². The van der Waals surface area contributed by atoms with Crippen molar-refractivity contribution >= 4 is 27.5 Å². The van der Waals surface area contributed by atoms with E-state index >= 15 is 0 Å². The summed E-state index contributed by atoms with van der Waals surface area (Å²) in [5.74, 6) is 1.00. The molecule has 6 aromatic rings. The second kappa shape index (κ2) is 5.21. The Morgan fingerprint density at radius 2 is 1.44 bits per heavy atom. The number of imidazole rings is 1. The van der Waals surface area contributed by atoms with Crippen molar-refractivity contribution in [3.05, 3.63) is 90.9 Å². The third kappa shape index (κ3) is 1.88. The highest BCUT2D eigenvalue weighted by Gasteiger charge is 2.21. The number of rotatable bonds is 2. The summed E-state index contributed by atoms with van der Waals surface area (Å²) in [6.45, 7) is 2.08. The van der Waals surface area contributed by atoms with Gasteiger partial charge in [0.2, 0.25) is 0 Å². The van der Waals surface area contributed by atoms with E-state index in [2.05, 4.69) is 94.9 Å². The van der Waals surface area contributed by atoms with Crippen molar-refractivity contribution in [2.45, 2.75) is 6.92 Å². The number of hydrogen-bond donors (Lipinski definition) is 0. The van der Waals surface area contributed by atoms with E-state index in [1.165, 1.54) is 27.4 Å². The highest BCUT2D eigenvalue weighted by atomic mass is 15.2. The van der Waals surface area contributed by atoms with Gasteiger partial charge in [-0.1, -0.05) is 66.7 Å². The summed E-state index contributed by atoms with van der Waals surface area (Å²) in [6, 6.07) is 27.6. The standard InChI is InChI=1S/C24H17N3/c1-16-25-22-20-14-8-13-19-21(17-9-4-2-5-10-17)15-26(23(19)20)24(22)27(16)18-11-6-3-7-12-18/h2-15H,1H3. The first-order chi connectivity index (χ1) is 13.3. The molecule has 0 saturated carbocycles. The zero-order valence-electron chi connectivity index (χ0n) is 14.9. The first-order valence-corrected chi connectivity index (χ1v) is 9.18. The molecule has 27 heavy (non-hydrogen) atoms. The minimum atomic E-state index is 1.00. The molecule has 0 radical (unpaired) electrons. The minimum Gasteiger partial charge on any atom is -0.299 e. The molecule has 128 valence electrons. The molecular formula is C24H17N3. The predicted molar refractivity (Wildman–Crippen MR) is 111 cm³/mol. The third-order valence-corrected chi connectivity index (χ3v) is 5.43. The summed E-state index contributed by atoms with van der Waals surface area (Å²) in [5.41, 5.74) is 7.09. The molecule has 0 fully saturated rings. The van der Waals surface area contributed by atoms with Crippen LogP contribution in [0.4, 0.5) is 0 Å². The second-order valence-corrected chi connectivity index (χ2v) is 6.98. The van der Waals surface area contributed by atoms with Crippen molar-refractivity contribution in [1.29, 1.82) is 0 Å². The van der Waals surface area contributed by atoms with E-state index < -0.39 is 0 Å². The first-order valence-electron chi connectivity index (χ1n) is 9.18. The van der Waals surface area contributed by atoms with Gasteiger partial charge in [0.15, 0.2) is 5.65 Å². The normalized spacial score (nSPS) is 11.9. The molecule has 3 aromatic heterocycles. The summed E-state index contributed by atoms with van der Waals surface area (Å²) in [5, 5.41) is 2.48. The number of para-hydroxylation sites is 2. The molecule has 3 nitrogen and oxygen atoms in total. The van der Waals surface area contributed by atoms with E-state index in [9.17, 15) is 0 Å². The van der Waals surface area contributed by atoms with Crippen LogP contribution in [0.3, 0.4) is 0 Å². The van der Waals surface area contributed by atoms with Crippen molar-refractivity contribution < 1.29 is 0 Å². The molecule has 0 unspecified atom stereocenters. The minimum absolute atomic E-state index is 1.00. The van der Waals surface area contributed by atoms with Crippen LogP contribution in [0, 0.1) is 6.92 Å². The number of nitrogens with zero attached hydrogens (tertiary/aromatic N) is 3. The lowest BCUT2D eigenvalue weighted by Gasteiger charge is -2.06. The number of benzene rings is 3. The van der Waals surface area contributed by atoms with Crippen LogP contribution in [-0.4, -0.2) is 14.0 Å². The Hall–Kier alpha value is -3.59. The predicted octanol–water partition coefficient (Wildman–Crippen LogP) is 5.84. The van der Waals surface area contributed by atoms with Crippen LogP contribution in [0.25, 0.3) is 44.3 Å². The highest BCUT2D eigenvalue weighted by Crippen LogP contribution is 2.39. The van der Waals surface area contributed by atoms with Gasteiger partial charge in [-0.2, -0.15) is 0 Å². The van der Waals surface area contributed by atoms with E-state index in [1.807, 2.05) is 6.07 Å². The highest BCUT2D eigenvalue weighted by molar-refractivity contribution is 6.16. The van der Waals surface area contributed by atoms with Crippen molar-refractivity contribution in [3.8, 4) is 16.8 Å². The van der Waals surface area contributed by atoms with Gasteiger partial charge in [-0.3, -0.25) is 8.97 Å².